The molecule has 1 aromatic rings. The van der Waals surface area contributed by atoms with E-state index >= 15 is 0 Å². The van der Waals surface area contributed by atoms with Gasteiger partial charge in [0.05, 0.1) is 11.8 Å². The Morgan fingerprint density at radius 1 is 1.39 bits per heavy atom. The number of carbonyl (C=O) groups excluding carboxylic acids is 1. The number of nitrogens with two attached hydrogens (primary N) is 1. The summed E-state index contributed by atoms with van der Waals surface area (Å²) in [5.74, 6) is 0.873. The predicted octanol–water partition coefficient (Wildman–Crippen LogP) is 0.559. The van der Waals surface area contributed by atoms with Gasteiger partial charge in [-0.2, -0.15) is 0 Å². The highest BCUT2D eigenvalue weighted by Crippen LogP contribution is 2.15. The van der Waals surface area contributed by atoms with E-state index in [1.807, 2.05) is 11.8 Å². The minimum atomic E-state index is 0.0907. The van der Waals surface area contributed by atoms with Crippen molar-refractivity contribution in [3.05, 3.63) is 23.7 Å². The second kappa shape index (κ2) is 6.02. The molecule has 0 unspecified atom stereocenters. The lowest BCUT2D eigenvalue weighted by Gasteiger charge is -2.34. The molecular formula is C13H21N3O2. The number of hydrogen-bond donors (Lipinski definition) is 1. The molecule has 2 rings (SSSR count). The van der Waals surface area contributed by atoms with Crippen LogP contribution in [0.25, 0.3) is 0 Å². The van der Waals surface area contributed by atoms with Gasteiger partial charge in [0.1, 0.15) is 5.76 Å². The van der Waals surface area contributed by atoms with Crippen molar-refractivity contribution in [3.63, 3.8) is 0 Å². The molecule has 1 aliphatic rings. The number of carbonyl (C=O) groups is 1. The van der Waals surface area contributed by atoms with Crippen molar-refractivity contribution in [2.75, 3.05) is 39.3 Å². The van der Waals surface area contributed by atoms with Crippen LogP contribution in [-0.4, -0.2) is 55.0 Å². The van der Waals surface area contributed by atoms with Crippen molar-refractivity contribution < 1.29 is 9.21 Å². The quantitative estimate of drug-likeness (QED) is 0.849. The topological polar surface area (TPSA) is 62.7 Å². The summed E-state index contributed by atoms with van der Waals surface area (Å²) >= 11 is 0. The number of aryl methyl sites for hydroxylation is 1. The van der Waals surface area contributed by atoms with Crippen LogP contribution >= 0.6 is 0 Å². The molecule has 0 aliphatic carbocycles. The zero-order chi connectivity index (χ0) is 13.0. The SMILES string of the molecule is CCc1occc1C(=O)N1CCN(CCN)CC1. The van der Waals surface area contributed by atoms with Crippen LogP contribution in [0.2, 0.25) is 0 Å². The van der Waals surface area contributed by atoms with E-state index in [1.165, 1.54) is 0 Å². The standard InChI is InChI=1S/C13H21N3O2/c1-2-12-11(3-10-18-12)13(17)16-8-6-15(5-4-14)7-9-16/h3,10H,2,4-9,14H2,1H3. The number of amides is 1. The molecule has 1 amide bonds. The Labute approximate surface area is 108 Å². The van der Waals surface area contributed by atoms with E-state index in [1.54, 1.807) is 12.3 Å². The van der Waals surface area contributed by atoms with Crippen molar-refractivity contribution in [1.82, 2.24) is 9.80 Å². The third-order valence-electron chi connectivity index (χ3n) is 3.40. The molecule has 0 spiro atoms. The number of hydrogen-bond acceptors (Lipinski definition) is 4. The number of rotatable bonds is 4. The van der Waals surface area contributed by atoms with E-state index in [-0.39, 0.29) is 5.91 Å². The normalized spacial score (nSPS) is 17.1. The highest BCUT2D eigenvalue weighted by atomic mass is 16.3. The van der Waals surface area contributed by atoms with Gasteiger partial charge in [-0.25, -0.2) is 0 Å². The summed E-state index contributed by atoms with van der Waals surface area (Å²) in [7, 11) is 0. The fraction of sp³-hybridized carbons (Fsp3) is 0.615. The van der Waals surface area contributed by atoms with Crippen LogP contribution in [0.3, 0.4) is 0 Å². The van der Waals surface area contributed by atoms with Gasteiger partial charge >= 0.3 is 0 Å². The molecule has 2 heterocycles. The zero-order valence-electron chi connectivity index (χ0n) is 10.9. The van der Waals surface area contributed by atoms with Crippen LogP contribution in [0, 0.1) is 0 Å². The summed E-state index contributed by atoms with van der Waals surface area (Å²) in [5, 5.41) is 0. The largest absolute Gasteiger partial charge is 0.469 e. The zero-order valence-corrected chi connectivity index (χ0v) is 10.9. The average molecular weight is 251 g/mol. The molecule has 1 aromatic heterocycles. The van der Waals surface area contributed by atoms with E-state index in [9.17, 15) is 4.79 Å². The van der Waals surface area contributed by atoms with Crippen LogP contribution in [0.1, 0.15) is 23.0 Å². The molecule has 0 radical (unpaired) electrons. The van der Waals surface area contributed by atoms with Crippen molar-refractivity contribution in [3.8, 4) is 0 Å². The van der Waals surface area contributed by atoms with Gasteiger partial charge in [-0.1, -0.05) is 6.92 Å². The fourth-order valence-corrected chi connectivity index (χ4v) is 2.33. The number of piperazine rings is 1. The molecule has 0 saturated carbocycles. The molecule has 1 aliphatic heterocycles. The lowest BCUT2D eigenvalue weighted by Crippen LogP contribution is -2.49. The second-order valence-electron chi connectivity index (χ2n) is 4.53. The Morgan fingerprint density at radius 2 is 2.11 bits per heavy atom. The van der Waals surface area contributed by atoms with Crippen molar-refractivity contribution in [1.29, 1.82) is 0 Å². The predicted molar refractivity (Wildman–Crippen MR) is 69.5 cm³/mol. The molecule has 100 valence electrons. The molecule has 5 heteroatoms. The molecule has 1 fully saturated rings. The maximum absolute atomic E-state index is 12.3. The Morgan fingerprint density at radius 3 is 2.72 bits per heavy atom. The first-order valence-corrected chi connectivity index (χ1v) is 6.54. The Bertz CT molecular complexity index is 395. The van der Waals surface area contributed by atoms with E-state index in [0.717, 1.165) is 44.9 Å². The van der Waals surface area contributed by atoms with Crippen LogP contribution in [0.5, 0.6) is 0 Å². The van der Waals surface area contributed by atoms with Crippen LogP contribution < -0.4 is 5.73 Å². The summed E-state index contributed by atoms with van der Waals surface area (Å²) in [4.78, 5) is 16.5. The van der Waals surface area contributed by atoms with Gasteiger partial charge < -0.3 is 15.1 Å². The van der Waals surface area contributed by atoms with Crippen LogP contribution in [-0.2, 0) is 6.42 Å². The van der Waals surface area contributed by atoms with Gasteiger partial charge in [-0.15, -0.1) is 0 Å². The third-order valence-corrected chi connectivity index (χ3v) is 3.40. The molecule has 2 N–H and O–H groups in total. The summed E-state index contributed by atoms with van der Waals surface area (Å²) in [6.07, 6.45) is 2.35. The molecule has 18 heavy (non-hydrogen) atoms. The first-order valence-electron chi connectivity index (χ1n) is 6.54. The monoisotopic (exact) mass is 251 g/mol. The van der Waals surface area contributed by atoms with Crippen molar-refractivity contribution in [2.24, 2.45) is 5.73 Å². The summed E-state index contributed by atoms with van der Waals surface area (Å²) in [5.41, 5.74) is 6.25. The summed E-state index contributed by atoms with van der Waals surface area (Å²) < 4.78 is 5.31. The van der Waals surface area contributed by atoms with Crippen molar-refractivity contribution in [2.45, 2.75) is 13.3 Å². The lowest BCUT2D eigenvalue weighted by atomic mass is 10.1. The smallest absolute Gasteiger partial charge is 0.257 e. The maximum Gasteiger partial charge on any atom is 0.257 e. The van der Waals surface area contributed by atoms with Gasteiger partial charge in [-0.05, 0) is 6.07 Å². The average Bonchev–Trinajstić information content (AvgIpc) is 2.87. The van der Waals surface area contributed by atoms with E-state index in [2.05, 4.69) is 4.90 Å². The lowest BCUT2D eigenvalue weighted by molar-refractivity contribution is 0.0639. The second-order valence-corrected chi connectivity index (χ2v) is 4.53. The van der Waals surface area contributed by atoms with Gasteiger partial charge in [0.15, 0.2) is 0 Å². The van der Waals surface area contributed by atoms with Gasteiger partial charge in [0, 0.05) is 45.7 Å². The Balaban J connectivity index is 1.95. The highest BCUT2D eigenvalue weighted by molar-refractivity contribution is 5.95. The van der Waals surface area contributed by atoms with Crippen LogP contribution in [0.4, 0.5) is 0 Å². The molecule has 0 bridgehead atoms. The first kappa shape index (κ1) is 13.1. The van der Waals surface area contributed by atoms with Gasteiger partial charge in [-0.3, -0.25) is 9.69 Å². The Hall–Kier alpha value is -1.33. The summed E-state index contributed by atoms with van der Waals surface area (Å²) in [6, 6.07) is 1.77. The molecular weight excluding hydrogens is 230 g/mol. The number of nitrogens with zero attached hydrogens (tertiary/aromatic N) is 2. The molecule has 0 atom stereocenters. The Kier molecular flexibility index (Phi) is 4.38. The summed E-state index contributed by atoms with van der Waals surface area (Å²) in [6.45, 7) is 6.93. The van der Waals surface area contributed by atoms with Crippen LogP contribution in [0.15, 0.2) is 16.7 Å². The third kappa shape index (κ3) is 2.73. The molecule has 1 saturated heterocycles. The van der Waals surface area contributed by atoms with E-state index in [4.69, 9.17) is 10.2 Å². The number of furan rings is 1. The van der Waals surface area contributed by atoms with Crippen molar-refractivity contribution >= 4 is 5.91 Å². The molecule has 0 aromatic carbocycles. The maximum atomic E-state index is 12.3. The highest BCUT2D eigenvalue weighted by Gasteiger charge is 2.24. The van der Waals surface area contributed by atoms with E-state index < -0.39 is 0 Å². The van der Waals surface area contributed by atoms with E-state index in [0.29, 0.717) is 12.1 Å². The fourth-order valence-electron chi connectivity index (χ4n) is 2.33. The first-order chi connectivity index (χ1) is 8.76. The van der Waals surface area contributed by atoms with Gasteiger partial charge in [0.25, 0.3) is 5.91 Å². The minimum Gasteiger partial charge on any atom is -0.469 e. The molecule has 5 nitrogen and oxygen atoms in total. The van der Waals surface area contributed by atoms with Gasteiger partial charge in [0.2, 0.25) is 0 Å². The minimum absolute atomic E-state index is 0.0907.